The van der Waals surface area contributed by atoms with Crippen molar-refractivity contribution >= 4 is 11.8 Å². The first-order chi connectivity index (χ1) is 8.79. The van der Waals surface area contributed by atoms with E-state index in [0.29, 0.717) is 6.04 Å². The highest BCUT2D eigenvalue weighted by Gasteiger charge is 2.24. The van der Waals surface area contributed by atoms with Crippen molar-refractivity contribution in [3.8, 4) is 0 Å². The molecular formula is C14H20FNOS. The molecule has 0 radical (unpaired) electrons. The van der Waals surface area contributed by atoms with Gasteiger partial charge in [0.05, 0.1) is 12.7 Å². The molecule has 0 aromatic heterocycles. The van der Waals surface area contributed by atoms with Crippen LogP contribution in [0.5, 0.6) is 0 Å². The summed E-state index contributed by atoms with van der Waals surface area (Å²) in [5, 5.41) is 3.48. The van der Waals surface area contributed by atoms with Crippen LogP contribution in [-0.2, 0) is 11.2 Å². The highest BCUT2D eigenvalue weighted by molar-refractivity contribution is 7.99. The molecule has 1 aromatic carbocycles. The van der Waals surface area contributed by atoms with E-state index in [0.717, 1.165) is 36.6 Å². The lowest BCUT2D eigenvalue weighted by Crippen LogP contribution is -2.46. The Hall–Kier alpha value is -0.580. The van der Waals surface area contributed by atoms with Gasteiger partial charge < -0.3 is 10.1 Å². The Morgan fingerprint density at radius 1 is 1.44 bits per heavy atom. The minimum atomic E-state index is -0.178. The lowest BCUT2D eigenvalue weighted by Gasteiger charge is -2.30. The monoisotopic (exact) mass is 269 g/mol. The van der Waals surface area contributed by atoms with Crippen molar-refractivity contribution in [1.29, 1.82) is 0 Å². The van der Waals surface area contributed by atoms with Crippen molar-refractivity contribution in [3.05, 3.63) is 35.6 Å². The second-order valence-electron chi connectivity index (χ2n) is 4.48. The van der Waals surface area contributed by atoms with Gasteiger partial charge >= 0.3 is 0 Å². The molecule has 1 heterocycles. The zero-order valence-corrected chi connectivity index (χ0v) is 11.5. The molecule has 0 spiro atoms. The fourth-order valence-electron chi connectivity index (χ4n) is 2.21. The molecule has 1 fully saturated rings. The van der Waals surface area contributed by atoms with Crippen molar-refractivity contribution in [3.63, 3.8) is 0 Å². The third-order valence-electron chi connectivity index (χ3n) is 3.13. The Morgan fingerprint density at radius 3 is 2.83 bits per heavy atom. The van der Waals surface area contributed by atoms with E-state index >= 15 is 0 Å². The van der Waals surface area contributed by atoms with Gasteiger partial charge in [0.1, 0.15) is 5.82 Å². The summed E-state index contributed by atoms with van der Waals surface area (Å²) < 4.78 is 18.7. The number of halogens is 1. The predicted molar refractivity (Wildman–Crippen MR) is 74.6 cm³/mol. The Labute approximate surface area is 112 Å². The van der Waals surface area contributed by atoms with E-state index in [1.165, 1.54) is 12.1 Å². The van der Waals surface area contributed by atoms with E-state index in [-0.39, 0.29) is 11.9 Å². The molecule has 0 aliphatic carbocycles. The summed E-state index contributed by atoms with van der Waals surface area (Å²) in [7, 11) is 0. The quantitative estimate of drug-likeness (QED) is 0.887. The van der Waals surface area contributed by atoms with E-state index in [1.54, 1.807) is 0 Å². The molecule has 0 amide bonds. The zero-order chi connectivity index (χ0) is 12.8. The number of benzene rings is 1. The minimum Gasteiger partial charge on any atom is -0.375 e. The van der Waals surface area contributed by atoms with Crippen LogP contribution in [0.1, 0.15) is 12.5 Å². The summed E-state index contributed by atoms with van der Waals surface area (Å²) >= 11 is 1.95. The number of thioether (sulfide) groups is 1. The zero-order valence-electron chi connectivity index (χ0n) is 10.7. The molecule has 2 rings (SSSR count). The first kappa shape index (κ1) is 13.8. The van der Waals surface area contributed by atoms with E-state index in [4.69, 9.17) is 4.74 Å². The lowest BCUT2D eigenvalue weighted by atomic mass is 10.0. The third-order valence-corrected chi connectivity index (χ3v) is 4.15. The number of hydrogen-bond acceptors (Lipinski definition) is 3. The van der Waals surface area contributed by atoms with Gasteiger partial charge in [0.15, 0.2) is 0 Å². The Kier molecular flexibility index (Phi) is 5.47. The smallest absolute Gasteiger partial charge is 0.123 e. The normalized spacial score (nSPS) is 21.8. The van der Waals surface area contributed by atoms with Crippen LogP contribution in [-0.4, -0.2) is 36.8 Å². The summed E-state index contributed by atoms with van der Waals surface area (Å²) in [6.07, 6.45) is 1.15. The van der Waals surface area contributed by atoms with Gasteiger partial charge in [-0.25, -0.2) is 4.39 Å². The van der Waals surface area contributed by atoms with E-state index in [2.05, 4.69) is 12.2 Å². The standard InChI is InChI=1S/C14H20FNOS/c1-2-16-13(14-10-18-8-7-17-14)9-11-3-5-12(15)6-4-11/h3-6,13-14,16H,2,7-10H2,1H3. The summed E-state index contributed by atoms with van der Waals surface area (Å²) in [6.45, 7) is 3.87. The number of hydrogen-bond donors (Lipinski definition) is 1. The van der Waals surface area contributed by atoms with Crippen LogP contribution < -0.4 is 5.32 Å². The van der Waals surface area contributed by atoms with Gasteiger partial charge in [-0.3, -0.25) is 0 Å². The molecule has 1 N–H and O–H groups in total. The third kappa shape index (κ3) is 3.97. The maximum Gasteiger partial charge on any atom is 0.123 e. The maximum atomic E-state index is 12.9. The van der Waals surface area contributed by atoms with Crippen LogP contribution in [0, 0.1) is 5.82 Å². The molecule has 2 atom stereocenters. The van der Waals surface area contributed by atoms with Gasteiger partial charge in [0, 0.05) is 17.5 Å². The molecule has 0 saturated carbocycles. The molecular weight excluding hydrogens is 249 g/mol. The first-order valence-corrected chi connectivity index (χ1v) is 7.62. The number of nitrogens with one attached hydrogen (secondary N) is 1. The van der Waals surface area contributed by atoms with Gasteiger partial charge in [-0.15, -0.1) is 0 Å². The fourth-order valence-corrected chi connectivity index (χ4v) is 3.15. The van der Waals surface area contributed by atoms with Crippen LogP contribution >= 0.6 is 11.8 Å². The molecule has 1 aromatic rings. The summed E-state index contributed by atoms with van der Waals surface area (Å²) in [4.78, 5) is 0. The van der Waals surface area contributed by atoms with Crippen LogP contribution in [0.3, 0.4) is 0 Å². The van der Waals surface area contributed by atoms with Crippen molar-refractivity contribution < 1.29 is 9.13 Å². The average Bonchev–Trinajstić information content (AvgIpc) is 2.42. The Balaban J connectivity index is 1.98. The molecule has 100 valence electrons. The molecule has 2 unspecified atom stereocenters. The van der Waals surface area contributed by atoms with Gasteiger partial charge in [-0.1, -0.05) is 19.1 Å². The van der Waals surface area contributed by atoms with Gasteiger partial charge in [-0.05, 0) is 30.7 Å². The minimum absolute atomic E-state index is 0.178. The SMILES string of the molecule is CCNC(Cc1ccc(F)cc1)C1CSCCO1. The summed E-state index contributed by atoms with van der Waals surface area (Å²) in [5.74, 6) is 1.95. The molecule has 1 aliphatic heterocycles. The fraction of sp³-hybridized carbons (Fsp3) is 0.571. The average molecular weight is 269 g/mol. The van der Waals surface area contributed by atoms with Crippen molar-refractivity contribution in [1.82, 2.24) is 5.32 Å². The largest absolute Gasteiger partial charge is 0.375 e. The van der Waals surface area contributed by atoms with Crippen LogP contribution in [0.2, 0.25) is 0 Å². The molecule has 1 aliphatic rings. The second-order valence-corrected chi connectivity index (χ2v) is 5.63. The van der Waals surface area contributed by atoms with Crippen molar-refractivity contribution in [2.24, 2.45) is 0 Å². The van der Waals surface area contributed by atoms with E-state index in [9.17, 15) is 4.39 Å². The lowest BCUT2D eigenvalue weighted by molar-refractivity contribution is 0.0476. The number of likely N-dealkylation sites (N-methyl/N-ethyl adjacent to an activating group) is 1. The summed E-state index contributed by atoms with van der Waals surface area (Å²) in [6, 6.07) is 7.07. The van der Waals surface area contributed by atoms with E-state index in [1.807, 2.05) is 23.9 Å². The van der Waals surface area contributed by atoms with Crippen molar-refractivity contribution in [2.45, 2.75) is 25.5 Å². The Morgan fingerprint density at radius 2 is 2.22 bits per heavy atom. The van der Waals surface area contributed by atoms with Gasteiger partial charge in [0.25, 0.3) is 0 Å². The second kappa shape index (κ2) is 7.12. The summed E-state index contributed by atoms with van der Waals surface area (Å²) in [5.41, 5.74) is 1.15. The molecule has 2 nitrogen and oxygen atoms in total. The first-order valence-electron chi connectivity index (χ1n) is 6.46. The highest BCUT2D eigenvalue weighted by atomic mass is 32.2. The number of rotatable bonds is 5. The van der Waals surface area contributed by atoms with Gasteiger partial charge in [-0.2, -0.15) is 11.8 Å². The van der Waals surface area contributed by atoms with Crippen LogP contribution in [0.25, 0.3) is 0 Å². The van der Waals surface area contributed by atoms with Gasteiger partial charge in [0.2, 0.25) is 0 Å². The van der Waals surface area contributed by atoms with E-state index < -0.39 is 0 Å². The Bertz CT molecular complexity index is 351. The number of ether oxygens (including phenoxy) is 1. The molecule has 4 heteroatoms. The predicted octanol–water partition coefficient (Wildman–Crippen LogP) is 2.48. The highest BCUT2D eigenvalue weighted by Crippen LogP contribution is 2.18. The molecule has 1 saturated heterocycles. The van der Waals surface area contributed by atoms with Crippen LogP contribution in [0.4, 0.5) is 4.39 Å². The molecule has 18 heavy (non-hydrogen) atoms. The van der Waals surface area contributed by atoms with Crippen molar-refractivity contribution in [2.75, 3.05) is 24.7 Å². The maximum absolute atomic E-state index is 12.9. The van der Waals surface area contributed by atoms with Crippen LogP contribution in [0.15, 0.2) is 24.3 Å². The molecule has 0 bridgehead atoms. The topological polar surface area (TPSA) is 21.3 Å².